The van der Waals surface area contributed by atoms with E-state index in [0.29, 0.717) is 0 Å². The van der Waals surface area contributed by atoms with Crippen molar-refractivity contribution in [1.29, 1.82) is 0 Å². The number of methoxy groups -OCH3 is 1. The lowest BCUT2D eigenvalue weighted by Crippen LogP contribution is -1.94. The number of benzene rings is 2. The smallest absolute Gasteiger partial charge is 0.131 e. The van der Waals surface area contributed by atoms with E-state index < -0.39 is 0 Å². The molecule has 3 nitrogen and oxygen atoms in total. The van der Waals surface area contributed by atoms with Crippen LogP contribution < -0.4 is 15.2 Å². The van der Waals surface area contributed by atoms with Crippen LogP contribution in [0.2, 0.25) is 0 Å². The molecule has 0 aromatic heterocycles. The van der Waals surface area contributed by atoms with Crippen LogP contribution in [0.15, 0.2) is 36.4 Å². The molecule has 0 aliphatic heterocycles. The first-order valence-corrected chi connectivity index (χ1v) is 5.79. The summed E-state index contributed by atoms with van der Waals surface area (Å²) in [4.78, 5) is 0. The van der Waals surface area contributed by atoms with E-state index in [1.54, 1.807) is 7.11 Å². The summed E-state index contributed by atoms with van der Waals surface area (Å²) in [6.45, 7) is 3.94. The quantitative estimate of drug-likeness (QED) is 0.836. The maximum atomic E-state index is 5.85. The van der Waals surface area contributed by atoms with Gasteiger partial charge in [0.15, 0.2) is 0 Å². The molecular formula is C15H17NO2. The predicted octanol–water partition coefficient (Wildman–Crippen LogP) is 3.69. The number of ether oxygens (including phenoxy) is 2. The van der Waals surface area contributed by atoms with Crippen LogP contribution in [0.5, 0.6) is 17.2 Å². The number of aryl methyl sites for hydroxylation is 2. The summed E-state index contributed by atoms with van der Waals surface area (Å²) < 4.78 is 11.0. The molecule has 2 rings (SSSR count). The van der Waals surface area contributed by atoms with Crippen molar-refractivity contribution < 1.29 is 9.47 Å². The van der Waals surface area contributed by atoms with Crippen molar-refractivity contribution in [2.75, 3.05) is 12.8 Å². The molecule has 0 aliphatic carbocycles. The Morgan fingerprint density at radius 2 is 1.67 bits per heavy atom. The first-order chi connectivity index (χ1) is 8.60. The summed E-state index contributed by atoms with van der Waals surface area (Å²) in [5, 5.41) is 0. The second-order valence-electron chi connectivity index (χ2n) is 4.26. The Hall–Kier alpha value is -2.16. The summed E-state index contributed by atoms with van der Waals surface area (Å²) in [5.41, 5.74) is 8.66. The van der Waals surface area contributed by atoms with Crippen LogP contribution in [0, 0.1) is 13.8 Å². The Morgan fingerprint density at radius 1 is 0.944 bits per heavy atom. The normalized spacial score (nSPS) is 10.2. The molecule has 0 saturated carbocycles. The summed E-state index contributed by atoms with van der Waals surface area (Å²) in [7, 11) is 1.64. The van der Waals surface area contributed by atoms with E-state index in [0.717, 1.165) is 34.1 Å². The van der Waals surface area contributed by atoms with Crippen molar-refractivity contribution in [3.8, 4) is 17.2 Å². The molecule has 0 spiro atoms. The molecule has 0 fully saturated rings. The van der Waals surface area contributed by atoms with E-state index in [2.05, 4.69) is 0 Å². The number of rotatable bonds is 3. The fourth-order valence-corrected chi connectivity index (χ4v) is 1.71. The Morgan fingerprint density at radius 3 is 2.39 bits per heavy atom. The molecule has 94 valence electrons. The van der Waals surface area contributed by atoms with E-state index in [4.69, 9.17) is 15.2 Å². The lowest BCUT2D eigenvalue weighted by molar-refractivity contribution is 0.409. The first kappa shape index (κ1) is 12.3. The monoisotopic (exact) mass is 243 g/mol. The average Bonchev–Trinajstić information content (AvgIpc) is 2.36. The highest BCUT2D eigenvalue weighted by Crippen LogP contribution is 2.30. The number of anilines is 1. The third-order valence-electron chi connectivity index (χ3n) is 2.83. The SMILES string of the molecule is COc1cccc(Oc2cc(C)c(N)cc2C)c1. The summed E-state index contributed by atoms with van der Waals surface area (Å²) in [6, 6.07) is 11.4. The molecule has 18 heavy (non-hydrogen) atoms. The van der Waals surface area contributed by atoms with E-state index in [1.165, 1.54) is 0 Å². The minimum atomic E-state index is 0.752. The van der Waals surface area contributed by atoms with E-state index in [1.807, 2.05) is 50.2 Å². The highest BCUT2D eigenvalue weighted by atomic mass is 16.5. The van der Waals surface area contributed by atoms with Crippen molar-refractivity contribution in [2.24, 2.45) is 0 Å². The molecule has 0 aliphatic rings. The van der Waals surface area contributed by atoms with Gasteiger partial charge < -0.3 is 15.2 Å². The fourth-order valence-electron chi connectivity index (χ4n) is 1.71. The number of hydrogen-bond donors (Lipinski definition) is 1. The Kier molecular flexibility index (Phi) is 3.42. The summed E-state index contributed by atoms with van der Waals surface area (Å²) in [5.74, 6) is 2.34. The first-order valence-electron chi connectivity index (χ1n) is 5.79. The lowest BCUT2D eigenvalue weighted by atomic mass is 10.1. The van der Waals surface area contributed by atoms with Crippen molar-refractivity contribution >= 4 is 5.69 Å². The highest BCUT2D eigenvalue weighted by molar-refractivity contribution is 5.54. The topological polar surface area (TPSA) is 44.5 Å². The molecule has 0 atom stereocenters. The second-order valence-corrected chi connectivity index (χ2v) is 4.26. The number of nitrogens with two attached hydrogens (primary N) is 1. The molecular weight excluding hydrogens is 226 g/mol. The molecule has 0 radical (unpaired) electrons. The van der Waals surface area contributed by atoms with Crippen LogP contribution in [-0.4, -0.2) is 7.11 Å². The van der Waals surface area contributed by atoms with E-state index in [-0.39, 0.29) is 0 Å². The van der Waals surface area contributed by atoms with Gasteiger partial charge in [0.05, 0.1) is 7.11 Å². The second kappa shape index (κ2) is 5.00. The average molecular weight is 243 g/mol. The summed E-state index contributed by atoms with van der Waals surface area (Å²) >= 11 is 0. The van der Waals surface area contributed by atoms with Crippen LogP contribution in [-0.2, 0) is 0 Å². The van der Waals surface area contributed by atoms with Crippen molar-refractivity contribution in [3.05, 3.63) is 47.5 Å². The minimum Gasteiger partial charge on any atom is -0.497 e. The summed E-state index contributed by atoms with van der Waals surface area (Å²) in [6.07, 6.45) is 0. The largest absolute Gasteiger partial charge is 0.497 e. The van der Waals surface area contributed by atoms with Gasteiger partial charge in [-0.25, -0.2) is 0 Å². The van der Waals surface area contributed by atoms with Gasteiger partial charge in [-0.2, -0.15) is 0 Å². The zero-order valence-electron chi connectivity index (χ0n) is 10.9. The molecule has 2 aromatic carbocycles. The van der Waals surface area contributed by atoms with Crippen LogP contribution in [0.3, 0.4) is 0 Å². The van der Waals surface area contributed by atoms with E-state index >= 15 is 0 Å². The maximum absolute atomic E-state index is 5.85. The third-order valence-corrected chi connectivity index (χ3v) is 2.83. The van der Waals surface area contributed by atoms with Gasteiger partial charge in [0.2, 0.25) is 0 Å². The molecule has 0 heterocycles. The van der Waals surface area contributed by atoms with Crippen molar-refractivity contribution in [2.45, 2.75) is 13.8 Å². The van der Waals surface area contributed by atoms with Crippen molar-refractivity contribution in [1.82, 2.24) is 0 Å². The maximum Gasteiger partial charge on any atom is 0.131 e. The van der Waals surface area contributed by atoms with Gasteiger partial charge in [0.25, 0.3) is 0 Å². The van der Waals surface area contributed by atoms with E-state index in [9.17, 15) is 0 Å². The zero-order valence-corrected chi connectivity index (χ0v) is 10.9. The molecule has 2 N–H and O–H groups in total. The van der Waals surface area contributed by atoms with Crippen LogP contribution in [0.4, 0.5) is 5.69 Å². The Balaban J connectivity index is 2.30. The molecule has 0 saturated heterocycles. The number of hydrogen-bond acceptors (Lipinski definition) is 3. The Bertz CT molecular complexity index is 564. The van der Waals surface area contributed by atoms with Gasteiger partial charge in [0, 0.05) is 11.8 Å². The minimum absolute atomic E-state index is 0.752. The molecule has 2 aromatic rings. The number of nitrogen functional groups attached to an aromatic ring is 1. The van der Waals surface area contributed by atoms with Gasteiger partial charge in [-0.1, -0.05) is 6.07 Å². The van der Waals surface area contributed by atoms with Gasteiger partial charge in [0.1, 0.15) is 17.2 Å². The molecule has 3 heteroatoms. The Labute approximate surface area is 107 Å². The fraction of sp³-hybridized carbons (Fsp3) is 0.200. The van der Waals surface area contributed by atoms with Crippen LogP contribution in [0.1, 0.15) is 11.1 Å². The molecule has 0 bridgehead atoms. The van der Waals surface area contributed by atoms with Gasteiger partial charge in [-0.05, 0) is 49.2 Å². The van der Waals surface area contributed by atoms with Crippen LogP contribution in [0.25, 0.3) is 0 Å². The van der Waals surface area contributed by atoms with Crippen LogP contribution >= 0.6 is 0 Å². The highest BCUT2D eigenvalue weighted by Gasteiger charge is 2.05. The molecule has 0 amide bonds. The van der Waals surface area contributed by atoms with Gasteiger partial charge in [-0.3, -0.25) is 0 Å². The standard InChI is InChI=1S/C15H17NO2/c1-10-8-15(11(2)7-14(10)16)18-13-6-4-5-12(9-13)17-3/h4-9H,16H2,1-3H3. The molecule has 0 unspecified atom stereocenters. The van der Waals surface area contributed by atoms with Gasteiger partial charge >= 0.3 is 0 Å². The zero-order chi connectivity index (χ0) is 13.1. The predicted molar refractivity (Wildman–Crippen MR) is 73.4 cm³/mol. The third kappa shape index (κ3) is 2.56. The van der Waals surface area contributed by atoms with Gasteiger partial charge in [-0.15, -0.1) is 0 Å². The lowest BCUT2D eigenvalue weighted by Gasteiger charge is -2.12. The van der Waals surface area contributed by atoms with Crippen molar-refractivity contribution in [3.63, 3.8) is 0 Å².